The van der Waals surface area contributed by atoms with Crippen molar-refractivity contribution in [1.29, 1.82) is 0 Å². The lowest BCUT2D eigenvalue weighted by Gasteiger charge is -2.33. The molecule has 29 heavy (non-hydrogen) atoms. The highest BCUT2D eigenvalue weighted by Crippen LogP contribution is 2.16. The summed E-state index contributed by atoms with van der Waals surface area (Å²) >= 11 is 0. The minimum atomic E-state index is -0.224. The average molecular weight is 390 g/mol. The Hall–Kier alpha value is -3.19. The molecule has 1 aromatic carbocycles. The van der Waals surface area contributed by atoms with Crippen molar-refractivity contribution in [3.05, 3.63) is 72.2 Å². The minimum absolute atomic E-state index is 0.224. The van der Waals surface area contributed by atoms with Gasteiger partial charge in [0.1, 0.15) is 5.82 Å². The molecule has 0 aliphatic carbocycles. The van der Waals surface area contributed by atoms with E-state index in [1.54, 1.807) is 16.9 Å². The summed E-state index contributed by atoms with van der Waals surface area (Å²) in [6.07, 6.45) is 4.42. The number of carbonyl (C=O) groups is 1. The number of nitrogens with one attached hydrogen (secondary N) is 1. The first-order chi connectivity index (χ1) is 14.2. The molecule has 2 aromatic heterocycles. The first-order valence-electron chi connectivity index (χ1n) is 9.96. The molecule has 1 saturated heterocycles. The maximum Gasteiger partial charge on any atom is 0.276 e. The van der Waals surface area contributed by atoms with Crippen LogP contribution in [0.2, 0.25) is 0 Å². The van der Waals surface area contributed by atoms with E-state index in [0.717, 1.165) is 45.0 Å². The monoisotopic (exact) mass is 390 g/mol. The number of hydrogen-bond donors (Lipinski definition) is 1. The van der Waals surface area contributed by atoms with Gasteiger partial charge >= 0.3 is 0 Å². The van der Waals surface area contributed by atoms with Gasteiger partial charge in [-0.25, -0.2) is 4.98 Å². The second-order valence-corrected chi connectivity index (χ2v) is 7.35. The van der Waals surface area contributed by atoms with Crippen molar-refractivity contribution in [2.45, 2.75) is 13.0 Å². The molecular weight excluding hydrogens is 364 g/mol. The van der Waals surface area contributed by atoms with Crippen LogP contribution in [0.3, 0.4) is 0 Å². The van der Waals surface area contributed by atoms with Gasteiger partial charge in [0, 0.05) is 38.9 Å². The zero-order chi connectivity index (χ0) is 20.1. The molecule has 0 saturated carbocycles. The highest BCUT2D eigenvalue weighted by Gasteiger charge is 2.15. The van der Waals surface area contributed by atoms with Crippen LogP contribution in [0.25, 0.3) is 0 Å². The third-order valence-corrected chi connectivity index (χ3v) is 5.18. The fraction of sp³-hybridized carbons (Fsp3) is 0.318. The summed E-state index contributed by atoms with van der Waals surface area (Å²) in [4.78, 5) is 21.6. The molecule has 150 valence electrons. The Labute approximate surface area is 171 Å². The van der Waals surface area contributed by atoms with E-state index in [2.05, 4.69) is 44.4 Å². The van der Waals surface area contributed by atoms with Gasteiger partial charge in [0.25, 0.3) is 5.91 Å². The summed E-state index contributed by atoms with van der Waals surface area (Å²) < 4.78 is 1.80. The predicted molar refractivity (Wildman–Crippen MR) is 114 cm³/mol. The fourth-order valence-electron chi connectivity index (χ4n) is 3.37. The number of nitrogens with zero attached hydrogens (tertiary/aromatic N) is 5. The maximum atomic E-state index is 12.5. The Morgan fingerprint density at radius 2 is 1.83 bits per heavy atom. The van der Waals surface area contributed by atoms with E-state index in [-0.39, 0.29) is 5.91 Å². The Morgan fingerprint density at radius 3 is 2.55 bits per heavy atom. The summed E-state index contributed by atoms with van der Waals surface area (Å²) in [6.45, 7) is 4.74. The maximum absolute atomic E-state index is 12.5. The quantitative estimate of drug-likeness (QED) is 0.701. The third kappa shape index (κ3) is 5.00. The van der Waals surface area contributed by atoms with Crippen molar-refractivity contribution in [2.24, 2.45) is 0 Å². The van der Waals surface area contributed by atoms with E-state index in [4.69, 9.17) is 0 Å². The number of piperazine rings is 1. The van der Waals surface area contributed by atoms with Crippen LogP contribution in [0.15, 0.2) is 60.9 Å². The van der Waals surface area contributed by atoms with E-state index >= 15 is 0 Å². The first kappa shape index (κ1) is 19.1. The second kappa shape index (κ2) is 8.87. The number of hydrogen-bond acceptors (Lipinski definition) is 5. The van der Waals surface area contributed by atoms with Crippen molar-refractivity contribution >= 4 is 17.4 Å². The molecule has 0 unspecified atom stereocenters. The molecule has 0 atom stereocenters. The Morgan fingerprint density at radius 1 is 1.03 bits per heavy atom. The van der Waals surface area contributed by atoms with Gasteiger partial charge < -0.3 is 15.1 Å². The van der Waals surface area contributed by atoms with Crippen molar-refractivity contribution in [2.75, 3.05) is 43.4 Å². The lowest BCUT2D eigenvalue weighted by Crippen LogP contribution is -2.44. The number of aromatic nitrogens is 3. The normalized spacial score (nSPS) is 14.7. The lowest BCUT2D eigenvalue weighted by atomic mass is 10.2. The molecule has 0 radical (unpaired) electrons. The van der Waals surface area contributed by atoms with Crippen LogP contribution in [0.5, 0.6) is 0 Å². The molecule has 0 bridgehead atoms. The SMILES string of the molecule is CN1CCN(c2ccc(NC(=O)c3ccn(CCc4ccccc4)n3)cn2)CC1. The van der Waals surface area contributed by atoms with Crippen LogP contribution in [0.1, 0.15) is 16.1 Å². The molecule has 1 aliphatic heterocycles. The van der Waals surface area contributed by atoms with Crippen LogP contribution >= 0.6 is 0 Å². The first-order valence-corrected chi connectivity index (χ1v) is 9.96. The molecule has 4 rings (SSSR count). The van der Waals surface area contributed by atoms with Gasteiger partial charge in [0.05, 0.1) is 11.9 Å². The van der Waals surface area contributed by atoms with Gasteiger partial charge in [-0.1, -0.05) is 30.3 Å². The minimum Gasteiger partial charge on any atom is -0.354 e. The highest BCUT2D eigenvalue weighted by atomic mass is 16.1. The Bertz CT molecular complexity index is 929. The smallest absolute Gasteiger partial charge is 0.276 e. The molecule has 7 nitrogen and oxygen atoms in total. The summed E-state index contributed by atoms with van der Waals surface area (Å²) in [5, 5.41) is 7.27. The highest BCUT2D eigenvalue weighted by molar-refractivity contribution is 6.02. The van der Waals surface area contributed by atoms with Gasteiger partial charge in [-0.3, -0.25) is 9.48 Å². The molecule has 1 amide bonds. The molecule has 1 fully saturated rings. The van der Waals surface area contributed by atoms with Crippen molar-refractivity contribution in [3.8, 4) is 0 Å². The van der Waals surface area contributed by atoms with Gasteiger partial charge in [0.15, 0.2) is 5.69 Å². The molecule has 1 aliphatic rings. The number of rotatable bonds is 6. The van der Waals surface area contributed by atoms with E-state index < -0.39 is 0 Å². The van der Waals surface area contributed by atoms with Crippen LogP contribution in [-0.2, 0) is 13.0 Å². The molecule has 3 aromatic rings. The lowest BCUT2D eigenvalue weighted by molar-refractivity contribution is 0.102. The molecule has 7 heteroatoms. The van der Waals surface area contributed by atoms with E-state index in [1.807, 2.05) is 36.5 Å². The fourth-order valence-corrected chi connectivity index (χ4v) is 3.37. The summed E-state index contributed by atoms with van der Waals surface area (Å²) in [7, 11) is 2.13. The van der Waals surface area contributed by atoms with E-state index in [0.29, 0.717) is 11.4 Å². The number of pyridine rings is 1. The number of carbonyl (C=O) groups excluding carboxylic acids is 1. The van der Waals surface area contributed by atoms with Crippen LogP contribution < -0.4 is 10.2 Å². The van der Waals surface area contributed by atoms with Gasteiger partial charge in [-0.05, 0) is 37.2 Å². The van der Waals surface area contributed by atoms with Crippen LogP contribution in [-0.4, -0.2) is 58.8 Å². The van der Waals surface area contributed by atoms with Crippen molar-refractivity contribution in [1.82, 2.24) is 19.7 Å². The zero-order valence-corrected chi connectivity index (χ0v) is 16.7. The summed E-state index contributed by atoms with van der Waals surface area (Å²) in [6, 6.07) is 15.8. The van der Waals surface area contributed by atoms with Crippen molar-refractivity contribution < 1.29 is 4.79 Å². The predicted octanol–water partition coefficient (Wildman–Crippen LogP) is 2.52. The zero-order valence-electron chi connectivity index (χ0n) is 16.7. The van der Waals surface area contributed by atoms with E-state index in [9.17, 15) is 4.79 Å². The number of benzene rings is 1. The number of anilines is 2. The largest absolute Gasteiger partial charge is 0.354 e. The molecular formula is C22H26N6O. The van der Waals surface area contributed by atoms with E-state index in [1.165, 1.54) is 5.56 Å². The summed E-state index contributed by atoms with van der Waals surface area (Å²) in [5.41, 5.74) is 2.33. The Kier molecular flexibility index (Phi) is 5.86. The molecule has 1 N–H and O–H groups in total. The number of amides is 1. The Balaban J connectivity index is 1.31. The van der Waals surface area contributed by atoms with Crippen LogP contribution in [0.4, 0.5) is 11.5 Å². The number of likely N-dealkylation sites (N-methyl/N-ethyl adjacent to an activating group) is 1. The third-order valence-electron chi connectivity index (χ3n) is 5.18. The number of aryl methyl sites for hydroxylation is 2. The van der Waals surface area contributed by atoms with Gasteiger partial charge in [-0.15, -0.1) is 0 Å². The van der Waals surface area contributed by atoms with Crippen molar-refractivity contribution in [3.63, 3.8) is 0 Å². The average Bonchev–Trinajstić information content (AvgIpc) is 3.24. The molecule has 0 spiro atoms. The topological polar surface area (TPSA) is 66.3 Å². The van der Waals surface area contributed by atoms with Gasteiger partial charge in [-0.2, -0.15) is 5.10 Å². The second-order valence-electron chi connectivity index (χ2n) is 7.35. The summed E-state index contributed by atoms with van der Waals surface area (Å²) in [5.74, 6) is 0.721. The van der Waals surface area contributed by atoms with Gasteiger partial charge in [0.2, 0.25) is 0 Å². The standard InChI is InChI=1S/C22H26N6O/c1-26-13-15-27(16-14-26)21-8-7-19(17-23-21)24-22(29)20-10-12-28(25-20)11-9-18-5-3-2-4-6-18/h2-8,10,12,17H,9,11,13-16H2,1H3,(H,24,29). The molecule has 3 heterocycles. The van der Waals surface area contributed by atoms with Crippen LogP contribution in [0, 0.1) is 0 Å².